The summed E-state index contributed by atoms with van der Waals surface area (Å²) in [5, 5.41) is 2.68. The monoisotopic (exact) mass is 659 g/mol. The van der Waals surface area contributed by atoms with Crippen LogP contribution in [0.15, 0.2) is 108 Å². The van der Waals surface area contributed by atoms with Crippen LogP contribution in [0.25, 0.3) is 0 Å². The predicted molar refractivity (Wildman–Crippen MR) is 172 cm³/mol. The van der Waals surface area contributed by atoms with Gasteiger partial charge in [0.05, 0.1) is 0 Å². The van der Waals surface area contributed by atoms with Gasteiger partial charge in [-0.05, 0) is 66.6 Å². The molecule has 1 heterocycles. The molecule has 0 spiro atoms. The second kappa shape index (κ2) is 14.9. The summed E-state index contributed by atoms with van der Waals surface area (Å²) in [4.78, 5) is 42.6. The van der Waals surface area contributed by atoms with Gasteiger partial charge < -0.3 is 24.0 Å². The molecule has 4 aromatic rings. The second-order valence-corrected chi connectivity index (χ2v) is 12.6. The standard InChI is InChI=1S/C35H34FN3O7S/c1-25-7-17-31(18-8-25)47(43,44)46-30-15-9-26(10-16-30)23-32(37-35(42)45-24-27-5-3-2-4-6-27)34(41)39-21-19-38(20-22-39)33(40)28-11-13-29(36)14-12-28/h2-18,32H,19-24H2,1H3,(H,37,42)/t32-/m0/s1. The van der Waals surface area contributed by atoms with Gasteiger partial charge in [0, 0.05) is 38.2 Å². The van der Waals surface area contributed by atoms with Gasteiger partial charge in [0.1, 0.15) is 29.1 Å². The van der Waals surface area contributed by atoms with Gasteiger partial charge in [-0.2, -0.15) is 8.42 Å². The molecule has 0 unspecified atom stereocenters. The van der Waals surface area contributed by atoms with Crippen LogP contribution in [0.3, 0.4) is 0 Å². The van der Waals surface area contributed by atoms with Crippen molar-refractivity contribution in [2.75, 3.05) is 26.2 Å². The van der Waals surface area contributed by atoms with E-state index in [0.29, 0.717) is 11.1 Å². The van der Waals surface area contributed by atoms with Crippen molar-refractivity contribution in [3.63, 3.8) is 0 Å². The molecule has 1 saturated heterocycles. The largest absolute Gasteiger partial charge is 0.445 e. The number of amides is 3. The molecule has 5 rings (SSSR count). The van der Waals surface area contributed by atoms with Crippen LogP contribution in [0, 0.1) is 12.7 Å². The number of nitrogens with one attached hydrogen (secondary N) is 1. The number of halogens is 1. The van der Waals surface area contributed by atoms with E-state index >= 15 is 0 Å². The van der Waals surface area contributed by atoms with E-state index in [2.05, 4.69) is 5.32 Å². The number of piperazine rings is 1. The van der Waals surface area contributed by atoms with Crippen LogP contribution in [-0.2, 0) is 32.7 Å². The lowest BCUT2D eigenvalue weighted by atomic mass is 10.0. The van der Waals surface area contributed by atoms with Gasteiger partial charge in [0.2, 0.25) is 5.91 Å². The summed E-state index contributed by atoms with van der Waals surface area (Å²) in [5.74, 6) is -0.970. The minimum atomic E-state index is -4.05. The summed E-state index contributed by atoms with van der Waals surface area (Å²) >= 11 is 0. The number of ether oxygens (including phenoxy) is 1. The first-order valence-corrected chi connectivity index (χ1v) is 16.4. The Labute approximate surface area is 272 Å². The molecule has 0 saturated carbocycles. The van der Waals surface area contributed by atoms with E-state index in [1.807, 2.05) is 37.3 Å². The Hall–Kier alpha value is -5.23. The maximum atomic E-state index is 13.7. The number of rotatable bonds is 10. The fourth-order valence-electron chi connectivity index (χ4n) is 5.03. The first kappa shape index (κ1) is 33.1. The quantitative estimate of drug-likeness (QED) is 0.245. The zero-order valence-electron chi connectivity index (χ0n) is 25.7. The van der Waals surface area contributed by atoms with E-state index in [4.69, 9.17) is 8.92 Å². The SMILES string of the molecule is Cc1ccc(S(=O)(=O)Oc2ccc(C[C@H](NC(=O)OCc3ccccc3)C(=O)N3CCN(C(=O)c4ccc(F)cc4)CC3)cc2)cc1. The highest BCUT2D eigenvalue weighted by molar-refractivity contribution is 7.87. The minimum absolute atomic E-state index is 0.0131. The summed E-state index contributed by atoms with van der Waals surface area (Å²) in [6.07, 6.45) is -0.694. The van der Waals surface area contributed by atoms with Crippen molar-refractivity contribution in [3.05, 3.63) is 131 Å². The number of aryl methyl sites for hydroxylation is 1. The van der Waals surface area contributed by atoms with Gasteiger partial charge in [-0.1, -0.05) is 60.2 Å². The lowest BCUT2D eigenvalue weighted by Crippen LogP contribution is -2.56. The zero-order chi connectivity index (χ0) is 33.4. The highest BCUT2D eigenvalue weighted by atomic mass is 32.2. The molecule has 0 bridgehead atoms. The number of hydrogen-bond acceptors (Lipinski definition) is 7. The van der Waals surface area contributed by atoms with Gasteiger partial charge >= 0.3 is 16.2 Å². The Bertz CT molecular complexity index is 1790. The molecule has 1 N–H and O–H groups in total. The average molecular weight is 660 g/mol. The number of nitrogens with zero attached hydrogens (tertiary/aromatic N) is 2. The molecule has 244 valence electrons. The molecule has 1 aliphatic heterocycles. The summed E-state index contributed by atoms with van der Waals surface area (Å²) in [6, 6.07) is 25.9. The first-order valence-electron chi connectivity index (χ1n) is 15.0. The van der Waals surface area contributed by atoms with Crippen LogP contribution in [-0.4, -0.2) is 68.3 Å². The van der Waals surface area contributed by atoms with Crippen LogP contribution in [0.1, 0.15) is 27.0 Å². The van der Waals surface area contributed by atoms with Crippen molar-refractivity contribution >= 4 is 28.0 Å². The third kappa shape index (κ3) is 8.95. The van der Waals surface area contributed by atoms with E-state index in [-0.39, 0.29) is 61.7 Å². The molecular formula is C35H34FN3O7S. The highest BCUT2D eigenvalue weighted by Gasteiger charge is 2.31. The molecule has 1 aliphatic rings. The number of alkyl carbamates (subject to hydrolysis) is 1. The summed E-state index contributed by atoms with van der Waals surface area (Å²) in [5.41, 5.74) is 2.68. The normalized spacial score (nSPS) is 13.8. The predicted octanol–water partition coefficient (Wildman–Crippen LogP) is 4.72. The molecule has 10 nitrogen and oxygen atoms in total. The molecular weight excluding hydrogens is 625 g/mol. The van der Waals surface area contributed by atoms with Crippen molar-refractivity contribution in [2.24, 2.45) is 0 Å². The van der Waals surface area contributed by atoms with E-state index in [1.165, 1.54) is 48.5 Å². The summed E-state index contributed by atoms with van der Waals surface area (Å²) < 4.78 is 49.4. The molecule has 0 aromatic heterocycles. The Morgan fingerprint density at radius 2 is 1.40 bits per heavy atom. The van der Waals surface area contributed by atoms with Crippen LogP contribution in [0.2, 0.25) is 0 Å². The average Bonchev–Trinajstić information content (AvgIpc) is 3.08. The molecule has 3 amide bonds. The summed E-state index contributed by atoms with van der Waals surface area (Å²) in [6.45, 7) is 2.84. The van der Waals surface area contributed by atoms with Crippen molar-refractivity contribution < 1.29 is 36.1 Å². The van der Waals surface area contributed by atoms with Crippen LogP contribution in [0.5, 0.6) is 5.75 Å². The van der Waals surface area contributed by atoms with Crippen molar-refractivity contribution in [2.45, 2.75) is 30.9 Å². The third-order valence-corrected chi connectivity index (χ3v) is 8.91. The Balaban J connectivity index is 1.25. The third-order valence-electron chi connectivity index (χ3n) is 7.65. The molecule has 47 heavy (non-hydrogen) atoms. The van der Waals surface area contributed by atoms with Gasteiger partial charge in [-0.3, -0.25) is 9.59 Å². The maximum absolute atomic E-state index is 13.7. The van der Waals surface area contributed by atoms with Crippen LogP contribution in [0.4, 0.5) is 9.18 Å². The number of hydrogen-bond donors (Lipinski definition) is 1. The fourth-order valence-corrected chi connectivity index (χ4v) is 5.96. The molecule has 1 fully saturated rings. The lowest BCUT2D eigenvalue weighted by Gasteiger charge is -2.36. The van der Waals surface area contributed by atoms with Gasteiger partial charge in [0.15, 0.2) is 0 Å². The zero-order valence-corrected chi connectivity index (χ0v) is 26.5. The molecule has 0 aliphatic carbocycles. The fraction of sp³-hybridized carbons (Fsp3) is 0.229. The Morgan fingerprint density at radius 1 is 0.787 bits per heavy atom. The maximum Gasteiger partial charge on any atom is 0.408 e. The number of carbonyl (C=O) groups is 3. The van der Waals surface area contributed by atoms with Crippen molar-refractivity contribution in [1.82, 2.24) is 15.1 Å². The van der Waals surface area contributed by atoms with E-state index < -0.39 is 28.1 Å². The van der Waals surface area contributed by atoms with Crippen LogP contribution >= 0.6 is 0 Å². The number of carbonyl (C=O) groups excluding carboxylic acids is 3. The smallest absolute Gasteiger partial charge is 0.408 e. The van der Waals surface area contributed by atoms with E-state index in [9.17, 15) is 27.2 Å². The van der Waals surface area contributed by atoms with Gasteiger partial charge in [-0.15, -0.1) is 0 Å². The van der Waals surface area contributed by atoms with Crippen LogP contribution < -0.4 is 9.50 Å². The van der Waals surface area contributed by atoms with Crippen molar-refractivity contribution in [3.8, 4) is 5.75 Å². The first-order chi connectivity index (χ1) is 22.6. The minimum Gasteiger partial charge on any atom is -0.445 e. The van der Waals surface area contributed by atoms with Gasteiger partial charge in [-0.25, -0.2) is 9.18 Å². The van der Waals surface area contributed by atoms with Gasteiger partial charge in [0.25, 0.3) is 5.91 Å². The molecule has 0 radical (unpaired) electrons. The topological polar surface area (TPSA) is 122 Å². The van der Waals surface area contributed by atoms with Crippen molar-refractivity contribution in [1.29, 1.82) is 0 Å². The Morgan fingerprint density at radius 3 is 2.04 bits per heavy atom. The molecule has 12 heteroatoms. The Kier molecular flexibility index (Phi) is 10.5. The molecule has 1 atom stereocenters. The van der Waals surface area contributed by atoms with E-state index in [0.717, 1.165) is 11.1 Å². The summed E-state index contributed by atoms with van der Waals surface area (Å²) in [7, 11) is -4.05. The lowest BCUT2D eigenvalue weighted by molar-refractivity contribution is -0.134. The number of benzene rings is 4. The highest BCUT2D eigenvalue weighted by Crippen LogP contribution is 2.21. The van der Waals surface area contributed by atoms with E-state index in [1.54, 1.807) is 34.1 Å². The second-order valence-electron chi connectivity index (χ2n) is 11.1. The molecule has 4 aromatic carbocycles.